The average Bonchev–Trinajstić information content (AvgIpc) is 3.00. The maximum Gasteiger partial charge on any atom is 0.264 e. The molecule has 1 aromatic carbocycles. The maximum absolute atomic E-state index is 13.2. The summed E-state index contributed by atoms with van der Waals surface area (Å²) in [5.41, 5.74) is 1.42. The molecule has 27 heavy (non-hydrogen) atoms. The van der Waals surface area contributed by atoms with Gasteiger partial charge < -0.3 is 4.90 Å². The zero-order chi connectivity index (χ0) is 19.7. The quantitative estimate of drug-likeness (QED) is 0.661. The van der Waals surface area contributed by atoms with Crippen LogP contribution in [0.15, 0.2) is 35.4 Å². The number of hydrogen-bond donors (Lipinski definition) is 0. The molecule has 142 valence electrons. The number of nitrogens with zero attached hydrogens (tertiary/aromatic N) is 3. The Morgan fingerprint density at radius 2 is 1.96 bits per heavy atom. The van der Waals surface area contributed by atoms with Gasteiger partial charge in [-0.2, -0.15) is 0 Å². The molecule has 0 aliphatic rings. The van der Waals surface area contributed by atoms with Crippen LogP contribution in [-0.2, 0) is 6.54 Å². The second-order valence-electron chi connectivity index (χ2n) is 6.46. The summed E-state index contributed by atoms with van der Waals surface area (Å²) in [6, 6.07) is 6.03. The van der Waals surface area contributed by atoms with Gasteiger partial charge in [0.1, 0.15) is 10.6 Å². The van der Waals surface area contributed by atoms with E-state index < -0.39 is 0 Å². The summed E-state index contributed by atoms with van der Waals surface area (Å²) in [7, 11) is 1.74. The Bertz CT molecular complexity index is 1040. The summed E-state index contributed by atoms with van der Waals surface area (Å²) in [6.45, 7) is 6.19. The van der Waals surface area contributed by atoms with Crippen molar-refractivity contribution in [3.05, 3.63) is 62.8 Å². The molecule has 2 heterocycles. The molecule has 0 aliphatic carbocycles. The van der Waals surface area contributed by atoms with Crippen molar-refractivity contribution in [2.75, 3.05) is 7.05 Å². The second-order valence-corrected chi connectivity index (χ2v) is 7.46. The number of carbonyl (C=O) groups excluding carboxylic acids is 1. The van der Waals surface area contributed by atoms with Crippen molar-refractivity contribution in [3.8, 4) is 0 Å². The third-order valence-corrected chi connectivity index (χ3v) is 6.07. The predicted molar refractivity (Wildman–Crippen MR) is 106 cm³/mol. The van der Waals surface area contributed by atoms with E-state index in [4.69, 9.17) is 0 Å². The fourth-order valence-electron chi connectivity index (χ4n) is 3.31. The van der Waals surface area contributed by atoms with Crippen LogP contribution in [-0.4, -0.2) is 27.4 Å². The average molecular weight is 387 g/mol. The van der Waals surface area contributed by atoms with Gasteiger partial charge in [0.05, 0.1) is 22.6 Å². The minimum absolute atomic E-state index is 0.122. The molecule has 1 unspecified atom stereocenters. The van der Waals surface area contributed by atoms with Crippen LogP contribution in [0.1, 0.15) is 47.1 Å². The van der Waals surface area contributed by atoms with E-state index in [2.05, 4.69) is 4.98 Å². The van der Waals surface area contributed by atoms with E-state index in [1.807, 2.05) is 13.8 Å². The van der Waals surface area contributed by atoms with Crippen LogP contribution in [0.5, 0.6) is 0 Å². The summed E-state index contributed by atoms with van der Waals surface area (Å²) in [5, 5.41) is 0.510. The van der Waals surface area contributed by atoms with Gasteiger partial charge in [-0.1, -0.05) is 19.1 Å². The monoisotopic (exact) mass is 387 g/mol. The Labute approximate surface area is 161 Å². The number of aryl methyl sites for hydroxylation is 2. The van der Waals surface area contributed by atoms with Gasteiger partial charge in [0, 0.05) is 13.6 Å². The molecule has 0 N–H and O–H groups in total. The van der Waals surface area contributed by atoms with E-state index in [0.717, 1.165) is 5.56 Å². The lowest BCUT2D eigenvalue weighted by Gasteiger charge is -2.27. The van der Waals surface area contributed by atoms with Crippen LogP contribution in [0.3, 0.4) is 0 Å². The summed E-state index contributed by atoms with van der Waals surface area (Å²) in [4.78, 5) is 32.9. The predicted octanol–water partition coefficient (Wildman–Crippen LogP) is 4.15. The maximum atomic E-state index is 13.2. The fraction of sp³-hybridized carbons (Fsp3) is 0.350. The molecule has 0 fully saturated rings. The van der Waals surface area contributed by atoms with Crippen molar-refractivity contribution in [1.29, 1.82) is 0 Å². The lowest BCUT2D eigenvalue weighted by molar-refractivity contribution is 0.0730. The zero-order valence-corrected chi connectivity index (χ0v) is 16.6. The van der Waals surface area contributed by atoms with Crippen molar-refractivity contribution in [2.24, 2.45) is 0 Å². The van der Waals surface area contributed by atoms with Crippen molar-refractivity contribution in [1.82, 2.24) is 14.5 Å². The molecule has 0 bridgehead atoms. The first-order chi connectivity index (χ1) is 12.9. The number of amides is 1. The van der Waals surface area contributed by atoms with Gasteiger partial charge in [-0.3, -0.25) is 14.2 Å². The van der Waals surface area contributed by atoms with Crippen LogP contribution in [0.4, 0.5) is 4.39 Å². The Kier molecular flexibility index (Phi) is 5.41. The van der Waals surface area contributed by atoms with Crippen LogP contribution >= 0.6 is 11.3 Å². The number of fused-ring (bicyclic) bond motifs is 1. The SMILES string of the molecule is CCC(c1ccc(F)cc1)N(C)C(=O)c1sc2ncn(CC)c(=O)c2c1C. The first-order valence-corrected chi connectivity index (χ1v) is 9.71. The number of hydrogen-bond acceptors (Lipinski definition) is 4. The van der Waals surface area contributed by atoms with Gasteiger partial charge in [-0.25, -0.2) is 9.37 Å². The lowest BCUT2D eigenvalue weighted by Crippen LogP contribution is -2.31. The number of halogens is 1. The van der Waals surface area contributed by atoms with E-state index in [1.165, 1.54) is 34.4 Å². The van der Waals surface area contributed by atoms with Crippen molar-refractivity contribution in [3.63, 3.8) is 0 Å². The molecular formula is C20H22FN3O2S. The molecule has 5 nitrogen and oxygen atoms in total. The highest BCUT2D eigenvalue weighted by Crippen LogP contribution is 2.31. The normalized spacial score (nSPS) is 12.3. The first-order valence-electron chi connectivity index (χ1n) is 8.90. The van der Waals surface area contributed by atoms with Crippen molar-refractivity contribution in [2.45, 2.75) is 39.8 Å². The molecular weight excluding hydrogens is 365 g/mol. The summed E-state index contributed by atoms with van der Waals surface area (Å²) in [6.07, 6.45) is 2.21. The number of benzene rings is 1. The number of carbonyl (C=O) groups is 1. The van der Waals surface area contributed by atoms with E-state index >= 15 is 0 Å². The molecule has 3 aromatic rings. The van der Waals surface area contributed by atoms with Crippen molar-refractivity contribution >= 4 is 27.5 Å². The van der Waals surface area contributed by atoms with Gasteiger partial charge in [-0.15, -0.1) is 11.3 Å². The number of thiophene rings is 1. The minimum atomic E-state index is -0.304. The second kappa shape index (κ2) is 7.60. The Morgan fingerprint density at radius 1 is 1.30 bits per heavy atom. The number of rotatable bonds is 5. The molecule has 0 aliphatic heterocycles. The van der Waals surface area contributed by atoms with Gasteiger partial charge in [-0.05, 0) is 43.5 Å². The highest BCUT2D eigenvalue weighted by molar-refractivity contribution is 7.20. The molecule has 3 rings (SSSR count). The van der Waals surface area contributed by atoms with Gasteiger partial charge in [0.25, 0.3) is 11.5 Å². The zero-order valence-electron chi connectivity index (χ0n) is 15.8. The van der Waals surface area contributed by atoms with Crippen molar-refractivity contribution < 1.29 is 9.18 Å². The molecule has 1 amide bonds. The van der Waals surface area contributed by atoms with E-state index in [1.54, 1.807) is 31.0 Å². The summed E-state index contributed by atoms with van der Waals surface area (Å²) < 4.78 is 14.8. The Morgan fingerprint density at radius 3 is 2.56 bits per heavy atom. The van der Waals surface area contributed by atoms with Gasteiger partial charge in [0.15, 0.2) is 0 Å². The molecule has 7 heteroatoms. The third-order valence-electron chi connectivity index (χ3n) is 4.88. The largest absolute Gasteiger partial charge is 0.334 e. The van der Waals surface area contributed by atoms with Crippen LogP contribution in [0.25, 0.3) is 10.2 Å². The standard InChI is InChI=1S/C20H22FN3O2S/c1-5-15(13-7-9-14(21)10-8-13)23(4)20(26)17-12(3)16-18(27-17)22-11-24(6-2)19(16)25/h7-11,15H,5-6H2,1-4H3. The highest BCUT2D eigenvalue weighted by atomic mass is 32.1. The molecule has 0 saturated heterocycles. The van der Waals surface area contributed by atoms with Gasteiger partial charge >= 0.3 is 0 Å². The van der Waals surface area contributed by atoms with E-state index in [9.17, 15) is 14.0 Å². The summed E-state index contributed by atoms with van der Waals surface area (Å²) in [5.74, 6) is -0.463. The Balaban J connectivity index is 2.01. The first kappa shape index (κ1) is 19.2. The highest BCUT2D eigenvalue weighted by Gasteiger charge is 2.26. The lowest BCUT2D eigenvalue weighted by atomic mass is 10.0. The van der Waals surface area contributed by atoms with Crippen LogP contribution in [0.2, 0.25) is 0 Å². The summed E-state index contributed by atoms with van der Waals surface area (Å²) >= 11 is 1.24. The molecule has 1 atom stereocenters. The smallest absolute Gasteiger partial charge is 0.264 e. The van der Waals surface area contributed by atoms with E-state index in [-0.39, 0.29) is 23.3 Å². The Hall–Kier alpha value is -2.54. The molecule has 0 saturated carbocycles. The molecule has 0 radical (unpaired) electrons. The third kappa shape index (κ3) is 3.39. The topological polar surface area (TPSA) is 55.2 Å². The molecule has 0 spiro atoms. The van der Waals surface area contributed by atoms with Gasteiger partial charge in [0.2, 0.25) is 0 Å². The molecule has 2 aromatic heterocycles. The van der Waals surface area contributed by atoms with E-state index in [0.29, 0.717) is 33.6 Å². The van der Waals surface area contributed by atoms with Crippen LogP contribution in [0, 0.1) is 12.7 Å². The van der Waals surface area contributed by atoms with Crippen LogP contribution < -0.4 is 5.56 Å². The number of aromatic nitrogens is 2. The fourth-order valence-corrected chi connectivity index (χ4v) is 4.43. The minimum Gasteiger partial charge on any atom is -0.334 e.